The summed E-state index contributed by atoms with van der Waals surface area (Å²) in [5.74, 6) is 2.03. The summed E-state index contributed by atoms with van der Waals surface area (Å²) < 4.78 is 13.3. The predicted octanol–water partition coefficient (Wildman–Crippen LogP) is 2.39. The quantitative estimate of drug-likeness (QED) is 0.260. The number of fused-ring (bicyclic) bond motifs is 1. The number of likely N-dealkylation sites (N-methyl/N-ethyl adjacent to an activating group) is 1. The second-order valence-electron chi connectivity index (χ2n) is 8.94. The molecule has 0 aliphatic heterocycles. The van der Waals surface area contributed by atoms with Gasteiger partial charge >= 0.3 is 0 Å². The lowest BCUT2D eigenvalue weighted by Gasteiger charge is -2.28. The largest absolute Gasteiger partial charge is 0.496 e. The Labute approximate surface area is 212 Å². The second-order valence-corrected chi connectivity index (χ2v) is 8.94. The number of benzene rings is 1. The normalized spacial score (nSPS) is 13.2. The van der Waals surface area contributed by atoms with Gasteiger partial charge in [0.25, 0.3) is 0 Å². The molecule has 2 heterocycles. The van der Waals surface area contributed by atoms with Gasteiger partial charge in [-0.2, -0.15) is 10.1 Å². The van der Waals surface area contributed by atoms with Gasteiger partial charge in [0, 0.05) is 12.6 Å². The average molecular weight is 501 g/mol. The Hall–Kier alpha value is -3.15. The van der Waals surface area contributed by atoms with Gasteiger partial charge < -0.3 is 31.4 Å². The van der Waals surface area contributed by atoms with Crippen LogP contribution in [0.1, 0.15) is 50.3 Å². The molecule has 0 bridgehead atoms. The number of methoxy groups -OCH3 is 2. The zero-order valence-electron chi connectivity index (χ0n) is 22.0. The van der Waals surface area contributed by atoms with E-state index in [-0.39, 0.29) is 24.6 Å². The van der Waals surface area contributed by atoms with Crippen molar-refractivity contribution in [2.24, 2.45) is 5.73 Å². The number of ether oxygens (including phenoxy) is 2. The Morgan fingerprint density at radius 1 is 1.14 bits per heavy atom. The van der Waals surface area contributed by atoms with Crippen LogP contribution in [0.4, 0.5) is 11.8 Å². The molecule has 198 valence electrons. The van der Waals surface area contributed by atoms with Crippen LogP contribution in [0.25, 0.3) is 11.0 Å². The van der Waals surface area contributed by atoms with Crippen LogP contribution < -0.4 is 26.3 Å². The summed E-state index contributed by atoms with van der Waals surface area (Å²) in [6, 6.07) is 3.94. The Kier molecular flexibility index (Phi) is 9.68. The molecule has 0 amide bonds. The monoisotopic (exact) mass is 500 g/mol. The lowest BCUT2D eigenvalue weighted by molar-refractivity contribution is 0.249. The zero-order valence-corrected chi connectivity index (χ0v) is 22.0. The van der Waals surface area contributed by atoms with E-state index in [2.05, 4.69) is 41.1 Å². The lowest BCUT2D eigenvalue weighted by Crippen LogP contribution is -2.31. The number of hydrogen-bond donors (Lipinski definition) is 4. The predicted molar refractivity (Wildman–Crippen MR) is 143 cm³/mol. The lowest BCUT2D eigenvalue weighted by atomic mass is 10.0. The molecule has 36 heavy (non-hydrogen) atoms. The van der Waals surface area contributed by atoms with Gasteiger partial charge in [0.2, 0.25) is 5.95 Å². The molecule has 0 aliphatic rings. The highest BCUT2D eigenvalue weighted by Crippen LogP contribution is 2.35. The summed E-state index contributed by atoms with van der Waals surface area (Å²) in [6.45, 7) is 6.00. The van der Waals surface area contributed by atoms with E-state index in [1.54, 1.807) is 18.9 Å². The van der Waals surface area contributed by atoms with Gasteiger partial charge in [-0.25, -0.2) is 4.98 Å². The molecule has 2 atom stereocenters. The van der Waals surface area contributed by atoms with Gasteiger partial charge in [0.15, 0.2) is 11.3 Å². The van der Waals surface area contributed by atoms with Gasteiger partial charge in [0.05, 0.1) is 45.2 Å². The first-order chi connectivity index (χ1) is 17.4. The smallest absolute Gasteiger partial charge is 0.222 e. The van der Waals surface area contributed by atoms with E-state index in [0.717, 1.165) is 36.9 Å². The summed E-state index contributed by atoms with van der Waals surface area (Å²) in [5.41, 5.74) is 15.2. The van der Waals surface area contributed by atoms with Gasteiger partial charge in [-0.3, -0.25) is 9.58 Å². The van der Waals surface area contributed by atoms with Crippen LogP contribution in [0.15, 0.2) is 18.3 Å². The van der Waals surface area contributed by atoms with Crippen LogP contribution in [0.5, 0.6) is 11.5 Å². The maximum Gasteiger partial charge on any atom is 0.222 e. The SMILES string of the molecule is CCC[C@@H](CO)Nc1nc(N)nc2cn(Cc3c(OC)cc([C@H](CN)N(C)CCC)cc3OC)nc12. The van der Waals surface area contributed by atoms with Crippen LogP contribution in [-0.4, -0.2) is 76.8 Å². The molecule has 0 radical (unpaired) electrons. The standard InChI is InChI=1S/C25H40N8O3/c1-6-8-17(15-34)28-24-23-19(29-25(27)30-24)14-33(31-23)13-18-21(35-4)10-16(11-22(18)36-5)20(12-26)32(3)9-7-2/h10-11,14,17,20,34H,6-9,12-13,15,26H2,1-5H3,(H3,27,28,29,30)/t17-,20-/m0/s1. The van der Waals surface area contributed by atoms with Crippen molar-refractivity contribution in [2.45, 2.75) is 51.7 Å². The molecule has 3 aromatic rings. The van der Waals surface area contributed by atoms with E-state index in [1.807, 2.05) is 18.3 Å². The summed E-state index contributed by atoms with van der Waals surface area (Å²) in [7, 11) is 5.36. The van der Waals surface area contributed by atoms with Crippen LogP contribution in [0, 0.1) is 0 Å². The molecular formula is C25H40N8O3. The van der Waals surface area contributed by atoms with Crippen molar-refractivity contribution in [3.05, 3.63) is 29.5 Å². The van der Waals surface area contributed by atoms with Crippen LogP contribution in [0.2, 0.25) is 0 Å². The Bertz CT molecular complexity index is 1110. The molecule has 0 spiro atoms. The fourth-order valence-corrected chi connectivity index (χ4v) is 4.50. The van der Waals surface area contributed by atoms with E-state index < -0.39 is 0 Å². The molecule has 11 nitrogen and oxygen atoms in total. The van der Waals surface area contributed by atoms with Crippen molar-refractivity contribution in [1.82, 2.24) is 24.6 Å². The van der Waals surface area contributed by atoms with E-state index in [9.17, 15) is 5.11 Å². The van der Waals surface area contributed by atoms with Crippen molar-refractivity contribution >= 4 is 22.8 Å². The number of aliphatic hydroxyl groups excluding tert-OH is 1. The zero-order chi connectivity index (χ0) is 26.2. The minimum atomic E-state index is -0.147. The molecule has 0 unspecified atom stereocenters. The number of nitrogens with one attached hydrogen (secondary N) is 1. The molecule has 3 rings (SSSR count). The molecule has 1 aromatic carbocycles. The number of rotatable bonds is 14. The van der Waals surface area contributed by atoms with E-state index in [1.165, 1.54) is 0 Å². The number of nitrogens with zero attached hydrogens (tertiary/aromatic N) is 5. The van der Waals surface area contributed by atoms with E-state index in [4.69, 9.17) is 26.0 Å². The highest BCUT2D eigenvalue weighted by molar-refractivity contribution is 5.86. The minimum absolute atomic E-state index is 0.0159. The third-order valence-corrected chi connectivity index (χ3v) is 6.29. The first kappa shape index (κ1) is 27.4. The molecule has 0 saturated carbocycles. The van der Waals surface area contributed by atoms with Crippen molar-refractivity contribution in [2.75, 3.05) is 52.0 Å². The Balaban J connectivity index is 1.99. The summed E-state index contributed by atoms with van der Waals surface area (Å²) in [4.78, 5) is 10.9. The Morgan fingerprint density at radius 2 is 1.83 bits per heavy atom. The molecule has 0 fully saturated rings. The minimum Gasteiger partial charge on any atom is -0.496 e. The maximum absolute atomic E-state index is 9.72. The third kappa shape index (κ3) is 6.15. The summed E-state index contributed by atoms with van der Waals surface area (Å²) >= 11 is 0. The number of aliphatic hydroxyl groups is 1. The topological polar surface area (TPSA) is 150 Å². The molecule has 6 N–H and O–H groups in total. The first-order valence-corrected chi connectivity index (χ1v) is 12.4. The molecular weight excluding hydrogens is 460 g/mol. The molecule has 0 saturated heterocycles. The van der Waals surface area contributed by atoms with E-state index >= 15 is 0 Å². The number of nitrogens with two attached hydrogens (primary N) is 2. The van der Waals surface area contributed by atoms with Crippen molar-refractivity contribution in [3.63, 3.8) is 0 Å². The van der Waals surface area contributed by atoms with Crippen molar-refractivity contribution in [3.8, 4) is 11.5 Å². The molecule has 11 heteroatoms. The highest BCUT2D eigenvalue weighted by Gasteiger charge is 2.22. The number of hydrogen-bond acceptors (Lipinski definition) is 10. The van der Waals surface area contributed by atoms with Gasteiger partial charge in [-0.15, -0.1) is 0 Å². The van der Waals surface area contributed by atoms with Crippen LogP contribution >= 0.6 is 0 Å². The first-order valence-electron chi connectivity index (χ1n) is 12.4. The highest BCUT2D eigenvalue weighted by atomic mass is 16.5. The van der Waals surface area contributed by atoms with Crippen molar-refractivity contribution in [1.29, 1.82) is 0 Å². The molecule has 2 aromatic heterocycles. The number of aromatic nitrogens is 4. The van der Waals surface area contributed by atoms with Gasteiger partial charge in [-0.05, 0) is 44.1 Å². The Morgan fingerprint density at radius 3 is 2.39 bits per heavy atom. The number of nitrogen functional groups attached to an aromatic ring is 1. The second kappa shape index (κ2) is 12.7. The fraction of sp³-hybridized carbons (Fsp3) is 0.560. The van der Waals surface area contributed by atoms with Gasteiger partial charge in [0.1, 0.15) is 17.0 Å². The van der Waals surface area contributed by atoms with Gasteiger partial charge in [-0.1, -0.05) is 20.3 Å². The third-order valence-electron chi connectivity index (χ3n) is 6.29. The van der Waals surface area contributed by atoms with E-state index in [0.29, 0.717) is 41.4 Å². The van der Waals surface area contributed by atoms with Crippen molar-refractivity contribution < 1.29 is 14.6 Å². The fourth-order valence-electron chi connectivity index (χ4n) is 4.50. The van der Waals surface area contributed by atoms with Crippen LogP contribution in [-0.2, 0) is 6.54 Å². The van der Waals surface area contributed by atoms with Crippen LogP contribution in [0.3, 0.4) is 0 Å². The average Bonchev–Trinajstić information content (AvgIpc) is 3.27. The molecule has 0 aliphatic carbocycles. The maximum atomic E-state index is 9.72. The summed E-state index contributed by atoms with van der Waals surface area (Å²) in [6.07, 6.45) is 4.57. The summed E-state index contributed by atoms with van der Waals surface area (Å²) in [5, 5.41) is 17.7. The number of anilines is 2.